The predicted molar refractivity (Wildman–Crippen MR) is 78.5 cm³/mol. The van der Waals surface area contributed by atoms with Gasteiger partial charge in [-0.2, -0.15) is 0 Å². The number of fused-ring (bicyclic) bond motifs is 1. The second-order valence-electron chi connectivity index (χ2n) is 5.17. The summed E-state index contributed by atoms with van der Waals surface area (Å²) in [4.78, 5) is 0. The minimum Gasteiger partial charge on any atom is -0.314 e. The largest absolute Gasteiger partial charge is 0.314 e. The van der Waals surface area contributed by atoms with Crippen molar-refractivity contribution in [2.24, 2.45) is 5.92 Å². The van der Waals surface area contributed by atoms with Crippen molar-refractivity contribution in [2.75, 3.05) is 6.54 Å². The summed E-state index contributed by atoms with van der Waals surface area (Å²) in [6, 6.07) is 6.68. The summed E-state index contributed by atoms with van der Waals surface area (Å²) < 4.78 is 2.08. The minimum atomic E-state index is 0.636. The van der Waals surface area contributed by atoms with E-state index in [9.17, 15) is 0 Å². The van der Waals surface area contributed by atoms with Crippen LogP contribution >= 0.6 is 11.8 Å². The van der Waals surface area contributed by atoms with E-state index in [2.05, 4.69) is 33.8 Å². The molecule has 102 valence electrons. The van der Waals surface area contributed by atoms with Gasteiger partial charge < -0.3 is 5.32 Å². The summed E-state index contributed by atoms with van der Waals surface area (Å²) in [6.45, 7) is 5.58. The molecule has 0 aliphatic heterocycles. The molecule has 3 atom stereocenters. The Morgan fingerprint density at radius 3 is 3.11 bits per heavy atom. The fourth-order valence-corrected chi connectivity index (χ4v) is 4.17. The fraction of sp³-hybridized carbons (Fsp3) is 0.571. The fourth-order valence-electron chi connectivity index (χ4n) is 2.88. The summed E-state index contributed by atoms with van der Waals surface area (Å²) in [6.07, 6.45) is 4.56. The lowest BCUT2D eigenvalue weighted by atomic mass is 10.1. The van der Waals surface area contributed by atoms with Crippen LogP contribution in [0.4, 0.5) is 0 Å². The van der Waals surface area contributed by atoms with E-state index in [4.69, 9.17) is 0 Å². The Labute approximate surface area is 118 Å². The molecule has 0 radical (unpaired) electrons. The maximum absolute atomic E-state index is 4.32. The molecule has 1 N–H and O–H groups in total. The molecule has 3 rings (SSSR count). The smallest absolute Gasteiger partial charge is 0.195 e. The van der Waals surface area contributed by atoms with Crippen LogP contribution in [-0.2, 0) is 0 Å². The number of hydrogen-bond donors (Lipinski definition) is 1. The van der Waals surface area contributed by atoms with Crippen molar-refractivity contribution >= 4 is 17.4 Å². The van der Waals surface area contributed by atoms with Crippen LogP contribution in [0.5, 0.6) is 0 Å². The summed E-state index contributed by atoms with van der Waals surface area (Å²) >= 11 is 1.87. The Morgan fingerprint density at radius 1 is 1.37 bits per heavy atom. The van der Waals surface area contributed by atoms with Crippen LogP contribution < -0.4 is 5.32 Å². The molecule has 1 aliphatic rings. The molecule has 1 saturated carbocycles. The summed E-state index contributed by atoms with van der Waals surface area (Å²) in [5.74, 6) is 0.681. The minimum absolute atomic E-state index is 0.636. The van der Waals surface area contributed by atoms with E-state index in [-0.39, 0.29) is 0 Å². The lowest BCUT2D eigenvalue weighted by molar-refractivity contribution is 0.441. The first-order valence-electron chi connectivity index (χ1n) is 6.99. The summed E-state index contributed by atoms with van der Waals surface area (Å²) in [5, 5.41) is 13.8. The molecule has 2 aromatic rings. The number of rotatable bonds is 4. The van der Waals surface area contributed by atoms with Crippen molar-refractivity contribution in [3.63, 3.8) is 0 Å². The van der Waals surface area contributed by atoms with E-state index in [1.54, 1.807) is 0 Å². The third-order valence-corrected chi connectivity index (χ3v) is 5.45. The lowest BCUT2D eigenvalue weighted by Gasteiger charge is -2.20. The molecule has 0 aromatic carbocycles. The van der Waals surface area contributed by atoms with Gasteiger partial charge in [0.2, 0.25) is 0 Å². The second kappa shape index (κ2) is 5.51. The normalized spacial score (nSPS) is 27.2. The average molecular weight is 276 g/mol. The highest BCUT2D eigenvalue weighted by Crippen LogP contribution is 2.38. The first-order chi connectivity index (χ1) is 9.29. The molecule has 0 bridgehead atoms. The van der Waals surface area contributed by atoms with Crippen LogP contribution in [0.2, 0.25) is 0 Å². The molecule has 5 heteroatoms. The Kier molecular flexibility index (Phi) is 3.75. The van der Waals surface area contributed by atoms with Crippen LogP contribution in [-0.4, -0.2) is 32.4 Å². The zero-order chi connectivity index (χ0) is 13.2. The molecule has 3 unspecified atom stereocenters. The van der Waals surface area contributed by atoms with E-state index in [1.165, 1.54) is 12.8 Å². The molecule has 19 heavy (non-hydrogen) atoms. The van der Waals surface area contributed by atoms with Gasteiger partial charge in [0.1, 0.15) is 0 Å². The molecule has 1 aliphatic carbocycles. The van der Waals surface area contributed by atoms with E-state index >= 15 is 0 Å². The number of nitrogens with zero attached hydrogens (tertiary/aromatic N) is 3. The molecule has 4 nitrogen and oxygen atoms in total. The van der Waals surface area contributed by atoms with E-state index in [1.807, 2.05) is 36.2 Å². The van der Waals surface area contributed by atoms with Crippen molar-refractivity contribution in [1.29, 1.82) is 0 Å². The molecule has 0 amide bonds. The first kappa shape index (κ1) is 12.9. The number of aromatic nitrogens is 3. The third kappa shape index (κ3) is 2.49. The van der Waals surface area contributed by atoms with Crippen molar-refractivity contribution in [1.82, 2.24) is 19.9 Å². The third-order valence-electron chi connectivity index (χ3n) is 3.99. The van der Waals surface area contributed by atoms with Crippen LogP contribution in [0.1, 0.15) is 26.7 Å². The number of nitrogens with one attached hydrogen (secondary N) is 1. The lowest BCUT2D eigenvalue weighted by Crippen LogP contribution is -2.33. The van der Waals surface area contributed by atoms with Crippen LogP contribution in [0, 0.1) is 5.92 Å². The van der Waals surface area contributed by atoms with Crippen molar-refractivity contribution in [3.05, 3.63) is 24.4 Å². The van der Waals surface area contributed by atoms with Crippen molar-refractivity contribution in [3.8, 4) is 0 Å². The number of pyridine rings is 1. The van der Waals surface area contributed by atoms with Gasteiger partial charge in [-0.1, -0.05) is 31.7 Å². The van der Waals surface area contributed by atoms with Gasteiger partial charge in [0.05, 0.1) is 0 Å². The average Bonchev–Trinajstić information content (AvgIpc) is 2.98. The van der Waals surface area contributed by atoms with Gasteiger partial charge in [-0.25, -0.2) is 0 Å². The van der Waals surface area contributed by atoms with Crippen molar-refractivity contribution < 1.29 is 0 Å². The standard InChI is InChI=1S/C14H20N4S/c1-3-15-11-7-8-12(10(11)2)19-14-17-16-13-6-4-5-9-18(13)14/h4-6,9-12,15H,3,7-8H2,1-2H3. The Morgan fingerprint density at radius 2 is 2.26 bits per heavy atom. The molecule has 2 aromatic heterocycles. The van der Waals surface area contributed by atoms with E-state index < -0.39 is 0 Å². The van der Waals surface area contributed by atoms with Crippen molar-refractivity contribution in [2.45, 2.75) is 43.1 Å². The Bertz CT molecular complexity index is 553. The zero-order valence-corrected chi connectivity index (χ0v) is 12.2. The molecule has 1 fully saturated rings. The van der Waals surface area contributed by atoms with Gasteiger partial charge in [0.15, 0.2) is 10.8 Å². The highest BCUT2D eigenvalue weighted by atomic mass is 32.2. The van der Waals surface area contributed by atoms with Crippen LogP contribution in [0.25, 0.3) is 5.65 Å². The van der Waals surface area contributed by atoms with Crippen LogP contribution in [0.3, 0.4) is 0 Å². The number of hydrogen-bond acceptors (Lipinski definition) is 4. The van der Waals surface area contributed by atoms with Gasteiger partial charge in [-0.05, 0) is 37.4 Å². The highest BCUT2D eigenvalue weighted by molar-refractivity contribution is 7.99. The Balaban J connectivity index is 1.75. The summed E-state index contributed by atoms with van der Waals surface area (Å²) in [7, 11) is 0. The van der Waals surface area contributed by atoms with Crippen LogP contribution in [0.15, 0.2) is 29.6 Å². The molecule has 0 spiro atoms. The molecule has 0 saturated heterocycles. The second-order valence-corrected chi connectivity index (χ2v) is 6.37. The topological polar surface area (TPSA) is 42.2 Å². The summed E-state index contributed by atoms with van der Waals surface area (Å²) in [5.41, 5.74) is 0.930. The first-order valence-corrected chi connectivity index (χ1v) is 7.87. The van der Waals surface area contributed by atoms with Gasteiger partial charge in [0.25, 0.3) is 0 Å². The molecular formula is C14H20N4S. The van der Waals surface area contributed by atoms with Gasteiger partial charge in [0, 0.05) is 17.5 Å². The maximum atomic E-state index is 4.32. The monoisotopic (exact) mass is 276 g/mol. The zero-order valence-electron chi connectivity index (χ0n) is 11.4. The van der Waals surface area contributed by atoms with Gasteiger partial charge in [-0.15, -0.1) is 10.2 Å². The van der Waals surface area contributed by atoms with Gasteiger partial charge in [-0.3, -0.25) is 4.40 Å². The maximum Gasteiger partial charge on any atom is 0.195 e. The highest BCUT2D eigenvalue weighted by Gasteiger charge is 2.33. The predicted octanol–water partition coefficient (Wildman–Crippen LogP) is 2.60. The van der Waals surface area contributed by atoms with E-state index in [0.29, 0.717) is 17.2 Å². The molecule has 2 heterocycles. The SMILES string of the molecule is CCNC1CCC(Sc2nnc3ccccn23)C1C. The Hall–Kier alpha value is -1.07. The van der Waals surface area contributed by atoms with E-state index in [0.717, 1.165) is 17.3 Å². The molecular weight excluding hydrogens is 256 g/mol. The van der Waals surface area contributed by atoms with Gasteiger partial charge >= 0.3 is 0 Å². The number of thioether (sulfide) groups is 1. The quantitative estimate of drug-likeness (QED) is 0.932.